The molecule has 0 aliphatic carbocycles. The van der Waals surface area contributed by atoms with E-state index in [1.54, 1.807) is 48.9 Å². The van der Waals surface area contributed by atoms with Crippen LogP contribution in [0.15, 0.2) is 76.2 Å². The van der Waals surface area contributed by atoms with Crippen LogP contribution in [0, 0.1) is 13.8 Å². The smallest absolute Gasteiger partial charge is 0.440 e. The first-order valence-electron chi connectivity index (χ1n) is 11.9. The highest BCUT2D eigenvalue weighted by Gasteiger charge is 2.43. The molecule has 0 N–H and O–H groups in total. The van der Waals surface area contributed by atoms with E-state index in [-0.39, 0.29) is 16.4 Å². The van der Waals surface area contributed by atoms with Crippen molar-refractivity contribution in [3.05, 3.63) is 83.7 Å². The van der Waals surface area contributed by atoms with Crippen LogP contribution in [0.3, 0.4) is 0 Å². The molecular weight excluding hydrogens is 564 g/mol. The van der Waals surface area contributed by atoms with Crippen LogP contribution in [-0.2, 0) is 9.84 Å². The molecule has 1 aliphatic heterocycles. The van der Waals surface area contributed by atoms with Gasteiger partial charge in [0.15, 0.2) is 33.0 Å². The van der Waals surface area contributed by atoms with E-state index in [0.29, 0.717) is 56.3 Å². The summed E-state index contributed by atoms with van der Waals surface area (Å²) >= 11 is 6.20. The molecule has 6 rings (SSSR count). The van der Waals surface area contributed by atoms with Crippen LogP contribution in [0.5, 0.6) is 11.5 Å². The number of aromatic nitrogens is 3. The van der Waals surface area contributed by atoms with Gasteiger partial charge in [0, 0.05) is 30.5 Å². The summed E-state index contributed by atoms with van der Waals surface area (Å²) in [6.07, 6.45) is -0.950. The molecule has 2 aromatic heterocycles. The molecule has 0 saturated carbocycles. The van der Waals surface area contributed by atoms with Gasteiger partial charge in [-0.05, 0) is 60.5 Å². The number of fused-ring (bicyclic) bond motifs is 1. The van der Waals surface area contributed by atoms with Gasteiger partial charge in [-0.2, -0.15) is 0 Å². The van der Waals surface area contributed by atoms with Gasteiger partial charge in [-0.1, -0.05) is 29.8 Å². The average Bonchev–Trinajstić information content (AvgIpc) is 3.54. The predicted molar refractivity (Wildman–Crippen MR) is 144 cm³/mol. The minimum absolute atomic E-state index is 0.0938. The van der Waals surface area contributed by atoms with Gasteiger partial charge in [-0.3, -0.25) is 0 Å². The number of halogens is 3. The van der Waals surface area contributed by atoms with Crippen LogP contribution >= 0.6 is 11.6 Å². The maximum absolute atomic E-state index is 13.7. The van der Waals surface area contributed by atoms with Gasteiger partial charge >= 0.3 is 6.29 Å². The Kier molecular flexibility index (Phi) is 5.97. The van der Waals surface area contributed by atoms with Crippen LogP contribution in [-0.4, -0.2) is 35.5 Å². The summed E-state index contributed by atoms with van der Waals surface area (Å²) in [5.41, 5.74) is 3.51. The number of ether oxygens (including phenoxy) is 2. The fraction of sp³-hybridized carbons (Fsp3) is 0.143. The third kappa shape index (κ3) is 4.71. The van der Waals surface area contributed by atoms with E-state index < -0.39 is 16.1 Å². The van der Waals surface area contributed by atoms with E-state index in [4.69, 9.17) is 16.0 Å². The first kappa shape index (κ1) is 26.0. The Labute approximate surface area is 232 Å². The van der Waals surface area contributed by atoms with Crippen molar-refractivity contribution >= 4 is 21.4 Å². The summed E-state index contributed by atoms with van der Waals surface area (Å²) in [5, 5.41) is 0.293. The second kappa shape index (κ2) is 9.17. The summed E-state index contributed by atoms with van der Waals surface area (Å²) in [6.45, 7) is 3.47. The highest BCUT2D eigenvalue weighted by atomic mass is 35.5. The molecule has 0 bridgehead atoms. The van der Waals surface area contributed by atoms with E-state index in [1.165, 1.54) is 18.2 Å². The Morgan fingerprint density at radius 2 is 1.62 bits per heavy atom. The maximum Gasteiger partial charge on any atom is 0.586 e. The number of oxazole rings is 1. The number of imidazole rings is 1. The largest absolute Gasteiger partial charge is 0.586 e. The van der Waals surface area contributed by atoms with Crippen molar-refractivity contribution in [1.82, 2.24) is 14.5 Å². The minimum Gasteiger partial charge on any atom is -0.440 e. The van der Waals surface area contributed by atoms with Gasteiger partial charge in [0.05, 0.1) is 10.6 Å². The zero-order valence-corrected chi connectivity index (χ0v) is 22.8. The minimum atomic E-state index is -3.76. The van der Waals surface area contributed by atoms with Crippen LogP contribution in [0.1, 0.15) is 11.7 Å². The van der Waals surface area contributed by atoms with Crippen molar-refractivity contribution in [2.75, 3.05) is 6.26 Å². The SMILES string of the molecule is Cc1nc(-c2cc(-c3cccc(S(C)(=O)=O)c3)ccc2-n2cc(Cl)nc2C)c(-c2ccc3c(c2)OC(F)(F)O3)o1. The number of rotatable bonds is 5. The Bertz CT molecular complexity index is 1920. The Balaban J connectivity index is 1.56. The number of nitrogens with zero attached hydrogens (tertiary/aromatic N) is 3. The Morgan fingerprint density at radius 1 is 0.900 bits per heavy atom. The lowest BCUT2D eigenvalue weighted by Gasteiger charge is -2.14. The molecule has 40 heavy (non-hydrogen) atoms. The quantitative estimate of drug-likeness (QED) is 0.223. The predicted octanol–water partition coefficient (Wildman–Crippen LogP) is 6.86. The standard InChI is InChI=1S/C28H20ClF2N3O5S/c1-15-32-25(29)14-34(15)22-9-7-18(17-5-4-6-20(11-17)40(3,35)36)12-21(22)26-27(37-16(2)33-26)19-8-10-23-24(13-19)39-28(30,31)38-23/h4-14H,1-3H3. The highest BCUT2D eigenvalue weighted by molar-refractivity contribution is 7.90. The van der Waals surface area contributed by atoms with Crippen LogP contribution in [0.4, 0.5) is 8.78 Å². The molecule has 1 aliphatic rings. The first-order chi connectivity index (χ1) is 18.9. The number of hydrogen-bond donors (Lipinski definition) is 0. The number of hydrogen-bond acceptors (Lipinski definition) is 7. The monoisotopic (exact) mass is 583 g/mol. The van der Waals surface area contributed by atoms with Gasteiger partial charge in [0.25, 0.3) is 0 Å². The first-order valence-corrected chi connectivity index (χ1v) is 14.2. The van der Waals surface area contributed by atoms with Gasteiger partial charge < -0.3 is 18.5 Å². The van der Waals surface area contributed by atoms with Crippen molar-refractivity contribution in [2.24, 2.45) is 0 Å². The molecule has 0 spiro atoms. The summed E-state index contributed by atoms with van der Waals surface area (Å²) in [5.74, 6) is 1.04. The van der Waals surface area contributed by atoms with E-state index in [1.807, 2.05) is 18.2 Å². The topological polar surface area (TPSA) is 96.5 Å². The summed E-state index contributed by atoms with van der Waals surface area (Å²) in [7, 11) is -3.43. The molecule has 0 saturated heterocycles. The second-order valence-corrected chi connectivity index (χ2v) is 11.7. The van der Waals surface area contributed by atoms with Crippen molar-refractivity contribution < 1.29 is 31.1 Å². The molecule has 3 aromatic carbocycles. The van der Waals surface area contributed by atoms with Crippen molar-refractivity contribution in [2.45, 2.75) is 25.0 Å². The third-order valence-corrected chi connectivity index (χ3v) is 7.65. The van der Waals surface area contributed by atoms with Gasteiger partial charge in [-0.25, -0.2) is 18.4 Å². The van der Waals surface area contributed by atoms with E-state index in [0.717, 1.165) is 6.26 Å². The molecule has 0 amide bonds. The van der Waals surface area contributed by atoms with Crippen LogP contribution < -0.4 is 9.47 Å². The van der Waals surface area contributed by atoms with Gasteiger partial charge in [0.1, 0.15) is 16.7 Å². The maximum atomic E-state index is 13.7. The molecular formula is C28H20ClF2N3O5S. The third-order valence-electron chi connectivity index (χ3n) is 6.36. The summed E-state index contributed by atoms with van der Waals surface area (Å²) in [4.78, 5) is 9.12. The molecule has 0 unspecified atom stereocenters. The molecule has 204 valence electrons. The van der Waals surface area contributed by atoms with Gasteiger partial charge in [-0.15, -0.1) is 8.78 Å². The van der Waals surface area contributed by atoms with Crippen LogP contribution in [0.25, 0.3) is 39.4 Å². The molecule has 12 heteroatoms. The summed E-state index contributed by atoms with van der Waals surface area (Å²) < 4.78 is 68.7. The lowest BCUT2D eigenvalue weighted by atomic mass is 9.98. The molecule has 0 atom stereocenters. The second-order valence-electron chi connectivity index (χ2n) is 9.25. The van der Waals surface area contributed by atoms with Crippen LogP contribution in [0.2, 0.25) is 5.15 Å². The Hall–Kier alpha value is -4.22. The lowest BCUT2D eigenvalue weighted by molar-refractivity contribution is -0.286. The van der Waals surface area contributed by atoms with Crippen molar-refractivity contribution in [3.8, 4) is 50.9 Å². The van der Waals surface area contributed by atoms with Crippen molar-refractivity contribution in [1.29, 1.82) is 0 Å². The molecule has 0 fully saturated rings. The van der Waals surface area contributed by atoms with Crippen molar-refractivity contribution in [3.63, 3.8) is 0 Å². The number of benzene rings is 3. The number of aryl methyl sites for hydroxylation is 2. The molecule has 3 heterocycles. The fourth-order valence-corrected chi connectivity index (χ4v) is 5.48. The fourth-order valence-electron chi connectivity index (χ4n) is 4.60. The Morgan fingerprint density at radius 3 is 2.35 bits per heavy atom. The lowest BCUT2D eigenvalue weighted by Crippen LogP contribution is -2.25. The molecule has 5 aromatic rings. The normalized spacial score (nSPS) is 14.1. The molecule has 8 nitrogen and oxygen atoms in total. The van der Waals surface area contributed by atoms with Gasteiger partial charge in [0.2, 0.25) is 0 Å². The van der Waals surface area contributed by atoms with E-state index >= 15 is 0 Å². The average molecular weight is 584 g/mol. The van der Waals surface area contributed by atoms with E-state index in [2.05, 4.69) is 19.4 Å². The zero-order valence-electron chi connectivity index (χ0n) is 21.3. The zero-order chi connectivity index (χ0) is 28.4. The number of sulfone groups is 1. The van der Waals surface area contributed by atoms with E-state index in [9.17, 15) is 17.2 Å². The molecule has 0 radical (unpaired) electrons. The highest BCUT2D eigenvalue weighted by Crippen LogP contribution is 2.45. The number of alkyl halides is 2. The summed E-state index contributed by atoms with van der Waals surface area (Å²) in [6, 6.07) is 16.5.